The Hall–Kier alpha value is -0.0800. The molecular weight excluding hydrogens is 234 g/mol. The lowest BCUT2D eigenvalue weighted by molar-refractivity contribution is -0.0445. The Morgan fingerprint density at radius 1 is 1.16 bits per heavy atom. The van der Waals surface area contributed by atoms with Crippen molar-refractivity contribution in [2.75, 3.05) is 6.54 Å². The van der Waals surface area contributed by atoms with Gasteiger partial charge in [-0.2, -0.15) is 0 Å². The van der Waals surface area contributed by atoms with E-state index in [0.29, 0.717) is 11.7 Å². The average Bonchev–Trinajstić information content (AvgIpc) is 3.00. The lowest BCUT2D eigenvalue weighted by atomic mass is 9.94. The molecule has 2 heteroatoms. The van der Waals surface area contributed by atoms with Crippen LogP contribution in [0.5, 0.6) is 0 Å². The number of rotatable bonds is 7. The first-order chi connectivity index (χ1) is 9.30. The zero-order valence-corrected chi connectivity index (χ0v) is 12.6. The second kappa shape index (κ2) is 6.13. The summed E-state index contributed by atoms with van der Waals surface area (Å²) in [4.78, 5) is 0. The van der Waals surface area contributed by atoms with Crippen molar-refractivity contribution in [2.45, 2.75) is 95.3 Å². The van der Waals surface area contributed by atoms with Crippen molar-refractivity contribution in [2.24, 2.45) is 5.92 Å². The summed E-state index contributed by atoms with van der Waals surface area (Å²) in [5, 5.41) is 3.72. The minimum absolute atomic E-state index is 0.325. The maximum Gasteiger partial charge on any atom is 0.0687 e. The Morgan fingerprint density at radius 3 is 2.63 bits per heavy atom. The van der Waals surface area contributed by atoms with Crippen molar-refractivity contribution >= 4 is 0 Å². The third-order valence-corrected chi connectivity index (χ3v) is 5.42. The molecular formula is C17H31NO. The van der Waals surface area contributed by atoms with Crippen molar-refractivity contribution < 1.29 is 4.74 Å². The molecule has 0 amide bonds. The molecule has 110 valence electrons. The fraction of sp³-hybridized carbons (Fsp3) is 1.00. The molecule has 1 aliphatic heterocycles. The minimum Gasteiger partial charge on any atom is -0.372 e. The molecule has 1 N–H and O–H groups in total. The molecule has 2 nitrogen and oxygen atoms in total. The van der Waals surface area contributed by atoms with Crippen LogP contribution in [0.1, 0.15) is 77.6 Å². The van der Waals surface area contributed by atoms with Crippen LogP contribution in [0.15, 0.2) is 0 Å². The van der Waals surface area contributed by atoms with Crippen LogP contribution in [0.3, 0.4) is 0 Å². The van der Waals surface area contributed by atoms with E-state index in [9.17, 15) is 0 Å². The van der Waals surface area contributed by atoms with Crippen LogP contribution in [0.4, 0.5) is 0 Å². The van der Waals surface area contributed by atoms with Gasteiger partial charge in [-0.1, -0.05) is 26.2 Å². The zero-order chi connectivity index (χ0) is 13.1. The topological polar surface area (TPSA) is 21.3 Å². The molecule has 1 saturated heterocycles. The summed E-state index contributed by atoms with van der Waals surface area (Å²) >= 11 is 0. The molecule has 0 aromatic rings. The molecule has 19 heavy (non-hydrogen) atoms. The number of hydrogen-bond donors (Lipinski definition) is 1. The van der Waals surface area contributed by atoms with E-state index >= 15 is 0 Å². The van der Waals surface area contributed by atoms with Crippen molar-refractivity contribution in [3.8, 4) is 0 Å². The van der Waals surface area contributed by atoms with Gasteiger partial charge >= 0.3 is 0 Å². The van der Waals surface area contributed by atoms with Gasteiger partial charge < -0.3 is 10.1 Å². The summed E-state index contributed by atoms with van der Waals surface area (Å²) in [7, 11) is 0. The van der Waals surface area contributed by atoms with Gasteiger partial charge in [-0.15, -0.1) is 0 Å². The van der Waals surface area contributed by atoms with Gasteiger partial charge in [0.1, 0.15) is 0 Å². The standard InChI is InChI=1S/C17H31NO/c1-2-5-14(13-18-15-6-7-15)12-16-8-11-17(19-16)9-3-4-10-17/h14-16,18H,2-13H2,1H3. The summed E-state index contributed by atoms with van der Waals surface area (Å²) < 4.78 is 6.48. The summed E-state index contributed by atoms with van der Waals surface area (Å²) in [5.41, 5.74) is 0.325. The van der Waals surface area contributed by atoms with E-state index in [-0.39, 0.29) is 0 Å². The van der Waals surface area contributed by atoms with Crippen LogP contribution in [-0.2, 0) is 4.74 Å². The molecule has 1 heterocycles. The summed E-state index contributed by atoms with van der Waals surface area (Å²) in [6.45, 7) is 3.55. The third kappa shape index (κ3) is 3.72. The summed E-state index contributed by atoms with van der Waals surface area (Å²) in [6.07, 6.45) is 15.5. The van der Waals surface area contributed by atoms with E-state index in [4.69, 9.17) is 4.74 Å². The van der Waals surface area contributed by atoms with E-state index in [1.165, 1.54) is 77.2 Å². The lowest BCUT2D eigenvalue weighted by Gasteiger charge is -2.26. The van der Waals surface area contributed by atoms with Crippen LogP contribution in [-0.4, -0.2) is 24.3 Å². The second-order valence-corrected chi connectivity index (χ2v) is 7.24. The molecule has 0 aromatic heterocycles. The van der Waals surface area contributed by atoms with Crippen molar-refractivity contribution in [1.29, 1.82) is 0 Å². The molecule has 0 bridgehead atoms. The minimum atomic E-state index is 0.325. The SMILES string of the molecule is CCCC(CNC1CC1)CC1CCC2(CCCC2)O1. The van der Waals surface area contributed by atoms with E-state index < -0.39 is 0 Å². The van der Waals surface area contributed by atoms with Crippen LogP contribution < -0.4 is 5.32 Å². The van der Waals surface area contributed by atoms with E-state index in [1.54, 1.807) is 0 Å². The van der Waals surface area contributed by atoms with Crippen molar-refractivity contribution in [3.63, 3.8) is 0 Å². The van der Waals surface area contributed by atoms with E-state index in [0.717, 1.165) is 12.0 Å². The monoisotopic (exact) mass is 265 g/mol. The molecule has 3 aliphatic rings. The van der Waals surface area contributed by atoms with E-state index in [2.05, 4.69) is 12.2 Å². The Kier molecular flexibility index (Phi) is 4.48. The van der Waals surface area contributed by atoms with Gasteiger partial charge in [-0.3, -0.25) is 0 Å². The third-order valence-electron chi connectivity index (χ3n) is 5.42. The first kappa shape index (κ1) is 13.9. The normalized spacial score (nSPS) is 31.1. The Bertz CT molecular complexity index is 281. The van der Waals surface area contributed by atoms with Crippen molar-refractivity contribution in [3.05, 3.63) is 0 Å². The summed E-state index contributed by atoms with van der Waals surface area (Å²) in [5.74, 6) is 0.840. The molecule has 3 fully saturated rings. The second-order valence-electron chi connectivity index (χ2n) is 7.24. The first-order valence-corrected chi connectivity index (χ1v) is 8.71. The molecule has 0 radical (unpaired) electrons. The predicted octanol–water partition coefficient (Wildman–Crippen LogP) is 4.04. The van der Waals surface area contributed by atoms with Gasteiger partial charge in [0.25, 0.3) is 0 Å². The van der Waals surface area contributed by atoms with Gasteiger partial charge in [0.15, 0.2) is 0 Å². The summed E-state index contributed by atoms with van der Waals surface area (Å²) in [6, 6.07) is 0.852. The highest BCUT2D eigenvalue weighted by molar-refractivity contribution is 4.93. The average molecular weight is 265 g/mol. The number of nitrogens with one attached hydrogen (secondary N) is 1. The van der Waals surface area contributed by atoms with Crippen LogP contribution in [0.25, 0.3) is 0 Å². The zero-order valence-electron chi connectivity index (χ0n) is 12.6. The quantitative estimate of drug-likeness (QED) is 0.750. The fourth-order valence-corrected chi connectivity index (χ4v) is 4.15. The van der Waals surface area contributed by atoms with Crippen LogP contribution >= 0.6 is 0 Å². The fourth-order valence-electron chi connectivity index (χ4n) is 4.15. The van der Waals surface area contributed by atoms with Gasteiger partial charge in [-0.05, 0) is 63.8 Å². The smallest absolute Gasteiger partial charge is 0.0687 e. The van der Waals surface area contributed by atoms with Gasteiger partial charge in [0.05, 0.1) is 11.7 Å². The first-order valence-electron chi connectivity index (χ1n) is 8.71. The van der Waals surface area contributed by atoms with Gasteiger partial charge in [0, 0.05) is 6.04 Å². The molecule has 2 saturated carbocycles. The maximum atomic E-state index is 6.48. The highest BCUT2D eigenvalue weighted by atomic mass is 16.5. The molecule has 0 aromatic carbocycles. The van der Waals surface area contributed by atoms with Crippen LogP contribution in [0.2, 0.25) is 0 Å². The highest BCUT2D eigenvalue weighted by Gasteiger charge is 2.42. The Labute approximate surface area is 118 Å². The number of hydrogen-bond acceptors (Lipinski definition) is 2. The Morgan fingerprint density at radius 2 is 1.95 bits per heavy atom. The van der Waals surface area contributed by atoms with Crippen LogP contribution in [0, 0.1) is 5.92 Å². The maximum absolute atomic E-state index is 6.48. The number of ether oxygens (including phenoxy) is 1. The molecule has 2 unspecified atom stereocenters. The molecule has 1 spiro atoms. The van der Waals surface area contributed by atoms with E-state index in [1.807, 2.05) is 0 Å². The lowest BCUT2D eigenvalue weighted by Crippen LogP contribution is -2.29. The van der Waals surface area contributed by atoms with Gasteiger partial charge in [-0.25, -0.2) is 0 Å². The molecule has 2 aliphatic carbocycles. The largest absolute Gasteiger partial charge is 0.372 e. The highest BCUT2D eigenvalue weighted by Crippen LogP contribution is 2.44. The molecule has 2 atom stereocenters. The van der Waals surface area contributed by atoms with Crippen molar-refractivity contribution in [1.82, 2.24) is 5.32 Å². The Balaban J connectivity index is 1.44. The molecule has 3 rings (SSSR count). The predicted molar refractivity (Wildman–Crippen MR) is 79.3 cm³/mol. The van der Waals surface area contributed by atoms with Gasteiger partial charge in [0.2, 0.25) is 0 Å².